The van der Waals surface area contributed by atoms with E-state index < -0.39 is 29.9 Å². The van der Waals surface area contributed by atoms with Gasteiger partial charge in [0.15, 0.2) is 5.84 Å². The standard InChI is InChI=1S/C45H34F6N4/c1-43(2,3)29-18-22-35-34-16-10-11-17-38(34)55(39(35)25-29)31-20-23-32(33-21-19-30(44(46,47)48)24-37(33)45(49,50)51)36(26-31)42-53-40(27-12-6-4-7-13-27)52-41(54-42)28-14-8-5-9-15-28/h4-20,22-26H,21H2,1-3H3,(H,52,53,54). The van der Waals surface area contributed by atoms with Crippen molar-refractivity contribution < 1.29 is 26.3 Å². The predicted octanol–water partition coefficient (Wildman–Crippen LogP) is 10.2. The van der Waals surface area contributed by atoms with Gasteiger partial charge in [-0.2, -0.15) is 26.3 Å². The molecule has 55 heavy (non-hydrogen) atoms. The smallest absolute Gasteiger partial charge is 0.324 e. The van der Waals surface area contributed by atoms with Gasteiger partial charge in [-0.25, -0.2) is 9.98 Å². The van der Waals surface area contributed by atoms with Crippen molar-refractivity contribution in [3.05, 3.63) is 172 Å². The van der Waals surface area contributed by atoms with Crippen LogP contribution in [-0.2, 0) is 5.41 Å². The summed E-state index contributed by atoms with van der Waals surface area (Å²) in [5, 5.41) is 5.63. The Morgan fingerprint density at radius 1 is 0.618 bits per heavy atom. The van der Waals surface area contributed by atoms with Gasteiger partial charge in [0.1, 0.15) is 11.7 Å². The maximum absolute atomic E-state index is 14.8. The van der Waals surface area contributed by atoms with Crippen LogP contribution in [0.4, 0.5) is 26.3 Å². The molecule has 4 nitrogen and oxygen atoms in total. The molecule has 0 fully saturated rings. The Morgan fingerprint density at radius 2 is 1.27 bits per heavy atom. The molecule has 0 radical (unpaired) electrons. The Labute approximate surface area is 312 Å². The monoisotopic (exact) mass is 744 g/mol. The first-order chi connectivity index (χ1) is 26.2. The van der Waals surface area contributed by atoms with Gasteiger partial charge in [-0.1, -0.05) is 124 Å². The average Bonchev–Trinajstić information content (AvgIpc) is 3.51. The van der Waals surface area contributed by atoms with Gasteiger partial charge in [-0.15, -0.1) is 0 Å². The summed E-state index contributed by atoms with van der Waals surface area (Å²) >= 11 is 0. The third-order valence-corrected chi connectivity index (χ3v) is 9.92. The second-order valence-corrected chi connectivity index (χ2v) is 14.6. The number of hydrogen-bond acceptors (Lipinski definition) is 3. The highest BCUT2D eigenvalue weighted by Crippen LogP contribution is 2.41. The van der Waals surface area contributed by atoms with Crippen LogP contribution in [0.2, 0.25) is 0 Å². The molecule has 1 aliphatic heterocycles. The largest absolute Gasteiger partial charge is 0.416 e. The molecule has 0 amide bonds. The van der Waals surface area contributed by atoms with Gasteiger partial charge in [-0.05, 0) is 58.5 Å². The number of aromatic nitrogens is 1. The molecule has 5 aromatic carbocycles. The lowest BCUT2D eigenvalue weighted by Gasteiger charge is -2.22. The minimum Gasteiger partial charge on any atom is -0.324 e. The molecule has 1 aromatic heterocycles. The summed E-state index contributed by atoms with van der Waals surface area (Å²) in [4.78, 5) is 9.72. The molecule has 0 saturated heterocycles. The number of allylic oxidation sites excluding steroid dienone is 4. The van der Waals surface area contributed by atoms with E-state index in [1.807, 2.05) is 84.9 Å². The van der Waals surface area contributed by atoms with Gasteiger partial charge in [0, 0.05) is 32.8 Å². The topological polar surface area (TPSA) is 41.7 Å². The molecule has 0 bridgehead atoms. The molecular weight excluding hydrogens is 711 g/mol. The van der Waals surface area contributed by atoms with Crippen LogP contribution in [0.25, 0.3) is 38.9 Å². The number of nitrogens with zero attached hydrogens (tertiary/aromatic N) is 3. The Kier molecular flexibility index (Phi) is 8.67. The summed E-state index contributed by atoms with van der Waals surface area (Å²) in [5.74, 6) is 0.919. The predicted molar refractivity (Wildman–Crippen MR) is 208 cm³/mol. The van der Waals surface area contributed by atoms with Crippen LogP contribution in [0, 0.1) is 0 Å². The van der Waals surface area contributed by atoms with Gasteiger partial charge >= 0.3 is 12.4 Å². The van der Waals surface area contributed by atoms with Gasteiger partial charge in [0.05, 0.1) is 22.2 Å². The van der Waals surface area contributed by atoms with Crippen molar-refractivity contribution in [1.82, 2.24) is 9.88 Å². The number of aliphatic imine (C=N–C) groups is 2. The number of benzene rings is 5. The molecule has 8 rings (SSSR count). The van der Waals surface area contributed by atoms with E-state index in [1.54, 1.807) is 18.2 Å². The Balaban J connectivity index is 1.50. The van der Waals surface area contributed by atoms with Crippen molar-refractivity contribution in [3.8, 4) is 5.69 Å². The van der Waals surface area contributed by atoms with Crippen LogP contribution >= 0.6 is 0 Å². The highest BCUT2D eigenvalue weighted by atomic mass is 19.4. The third kappa shape index (κ3) is 6.77. The number of amidine groups is 2. The van der Waals surface area contributed by atoms with Crippen molar-refractivity contribution in [1.29, 1.82) is 0 Å². The second-order valence-electron chi connectivity index (χ2n) is 14.6. The van der Waals surface area contributed by atoms with Crippen LogP contribution in [0.5, 0.6) is 0 Å². The molecule has 0 spiro atoms. The number of rotatable bonds is 3. The second kappa shape index (κ2) is 13.3. The average molecular weight is 745 g/mol. The van der Waals surface area contributed by atoms with Crippen LogP contribution in [-0.4, -0.2) is 28.6 Å². The van der Waals surface area contributed by atoms with Crippen molar-refractivity contribution >= 4 is 44.9 Å². The van der Waals surface area contributed by atoms with Gasteiger partial charge < -0.3 is 9.88 Å². The number of halogens is 6. The summed E-state index contributed by atoms with van der Waals surface area (Å²) in [7, 11) is 0. The highest BCUT2D eigenvalue weighted by molar-refractivity contribution is 6.16. The first-order valence-corrected chi connectivity index (χ1v) is 17.7. The molecule has 1 N–H and O–H groups in total. The van der Waals surface area contributed by atoms with Gasteiger partial charge in [-0.3, -0.25) is 0 Å². The van der Waals surface area contributed by atoms with E-state index in [9.17, 15) is 26.3 Å². The normalized spacial score (nSPS) is 17.4. The highest BCUT2D eigenvalue weighted by Gasteiger charge is 2.42. The van der Waals surface area contributed by atoms with E-state index in [4.69, 9.17) is 9.98 Å². The number of alkyl halides is 6. The van der Waals surface area contributed by atoms with Crippen molar-refractivity contribution in [3.63, 3.8) is 0 Å². The van der Waals surface area contributed by atoms with Crippen molar-refractivity contribution in [2.75, 3.05) is 0 Å². The first-order valence-electron chi connectivity index (χ1n) is 17.7. The number of hydrogen-bond donors (Lipinski definition) is 1. The molecular formula is C45H34F6N4. The third-order valence-electron chi connectivity index (χ3n) is 9.92. The molecule has 0 atom stereocenters. The summed E-state index contributed by atoms with van der Waals surface area (Å²) in [5.41, 5.74) is 1.70. The van der Waals surface area contributed by atoms with Gasteiger partial charge in [0.25, 0.3) is 0 Å². The fourth-order valence-electron chi connectivity index (χ4n) is 7.16. The quantitative estimate of drug-likeness (QED) is 0.180. The Morgan fingerprint density at radius 3 is 1.95 bits per heavy atom. The fraction of sp³-hybridized carbons (Fsp3) is 0.156. The molecule has 2 heterocycles. The van der Waals surface area contributed by atoms with Crippen LogP contribution in [0.1, 0.15) is 43.9 Å². The molecule has 2 aliphatic rings. The lowest BCUT2D eigenvalue weighted by Crippen LogP contribution is -2.39. The van der Waals surface area contributed by atoms with Gasteiger partial charge in [0.2, 0.25) is 0 Å². The first kappa shape index (κ1) is 35.8. The summed E-state index contributed by atoms with van der Waals surface area (Å²) < 4.78 is 88.0. The van der Waals surface area contributed by atoms with E-state index in [-0.39, 0.29) is 33.3 Å². The molecule has 276 valence electrons. The molecule has 1 aliphatic carbocycles. The molecule has 0 unspecified atom stereocenters. The number of nitrogens with one attached hydrogen (secondary N) is 1. The zero-order valence-corrected chi connectivity index (χ0v) is 30.0. The minimum atomic E-state index is -5.08. The molecule has 10 heteroatoms. The van der Waals surface area contributed by atoms with Crippen molar-refractivity contribution in [2.45, 2.75) is 45.0 Å². The van der Waals surface area contributed by atoms with E-state index in [0.717, 1.165) is 33.4 Å². The number of fused-ring (bicyclic) bond motifs is 3. The van der Waals surface area contributed by atoms with E-state index in [0.29, 0.717) is 28.5 Å². The van der Waals surface area contributed by atoms with Crippen molar-refractivity contribution in [2.24, 2.45) is 9.98 Å². The summed E-state index contributed by atoms with van der Waals surface area (Å²) in [6.07, 6.45) is -9.62. The molecule has 0 saturated carbocycles. The fourth-order valence-corrected chi connectivity index (χ4v) is 7.16. The Hall–Kier alpha value is -6.16. The summed E-state index contributed by atoms with van der Waals surface area (Å²) in [6.45, 7) is 6.37. The van der Waals surface area contributed by atoms with E-state index in [2.05, 4.69) is 48.9 Å². The van der Waals surface area contributed by atoms with E-state index >= 15 is 0 Å². The van der Waals surface area contributed by atoms with Crippen LogP contribution in [0.3, 0.4) is 0 Å². The maximum Gasteiger partial charge on any atom is 0.416 e. The SMILES string of the molecule is CC(C)(C)c1ccc2c3ccccc3n(-c3ccc(=C4CC=C(C(F)(F)F)C=C4C(F)(F)F)c(=C4N=C(c5ccccc5)N=C(c5ccccc5)N4)c3)c2c1. The lowest BCUT2D eigenvalue weighted by atomic mass is 9.86. The molecule has 6 aromatic rings. The zero-order chi connectivity index (χ0) is 38.7. The van der Waals surface area contributed by atoms with E-state index in [1.165, 1.54) is 0 Å². The minimum absolute atomic E-state index is 0.0916. The van der Waals surface area contributed by atoms with Crippen LogP contribution < -0.4 is 15.8 Å². The summed E-state index contributed by atoms with van der Waals surface area (Å²) in [6, 6.07) is 37.7. The zero-order valence-electron chi connectivity index (χ0n) is 30.0. The number of para-hydroxylation sites is 1. The lowest BCUT2D eigenvalue weighted by molar-refractivity contribution is -0.0938. The Bertz CT molecular complexity index is 2740. The maximum atomic E-state index is 14.8. The van der Waals surface area contributed by atoms with Crippen LogP contribution in [0.15, 0.2) is 155 Å².